The number of nitro benzene ring substituents is 1. The van der Waals surface area contributed by atoms with Crippen LogP contribution in [0.5, 0.6) is 0 Å². The third kappa shape index (κ3) is 4.51. The van der Waals surface area contributed by atoms with Gasteiger partial charge >= 0.3 is 5.97 Å². The van der Waals surface area contributed by atoms with Gasteiger partial charge in [-0.15, -0.1) is 0 Å². The Morgan fingerprint density at radius 2 is 1.82 bits per heavy atom. The van der Waals surface area contributed by atoms with Gasteiger partial charge < -0.3 is 9.15 Å². The van der Waals surface area contributed by atoms with Crippen LogP contribution in [0.25, 0.3) is 11.0 Å². The van der Waals surface area contributed by atoms with Gasteiger partial charge in [-0.3, -0.25) is 14.9 Å². The van der Waals surface area contributed by atoms with E-state index < -0.39 is 31.7 Å². The first kappa shape index (κ1) is 24.9. The van der Waals surface area contributed by atoms with Gasteiger partial charge in [0.2, 0.25) is 5.91 Å². The molecular weight excluding hydrogens is 464 g/mol. The summed E-state index contributed by atoms with van der Waals surface area (Å²) in [6, 6.07) is 7.67. The number of furan rings is 1. The Bertz CT molecular complexity index is 1390. The lowest BCUT2D eigenvalue weighted by molar-refractivity contribution is -0.385. The van der Waals surface area contributed by atoms with Crippen molar-refractivity contribution in [3.8, 4) is 0 Å². The van der Waals surface area contributed by atoms with Crippen molar-refractivity contribution in [1.82, 2.24) is 0 Å². The summed E-state index contributed by atoms with van der Waals surface area (Å²) >= 11 is 0. The average molecular weight is 489 g/mol. The van der Waals surface area contributed by atoms with Crippen molar-refractivity contribution in [2.75, 3.05) is 10.9 Å². The molecule has 11 heteroatoms. The van der Waals surface area contributed by atoms with E-state index in [0.717, 1.165) is 6.07 Å². The first-order chi connectivity index (χ1) is 16.0. The largest absolute Gasteiger partial charge is 0.462 e. The Kier molecular flexibility index (Phi) is 7.06. The molecule has 10 nitrogen and oxygen atoms in total. The number of aryl methyl sites for hydroxylation is 2. The highest BCUT2D eigenvalue weighted by atomic mass is 32.2. The van der Waals surface area contributed by atoms with E-state index in [4.69, 9.17) is 9.15 Å². The smallest absolute Gasteiger partial charge is 0.342 e. The Hall–Kier alpha value is -3.73. The van der Waals surface area contributed by atoms with Crippen LogP contribution in [0.4, 0.5) is 11.4 Å². The predicted molar refractivity (Wildman–Crippen MR) is 124 cm³/mol. The van der Waals surface area contributed by atoms with E-state index in [1.54, 1.807) is 20.8 Å². The van der Waals surface area contributed by atoms with Gasteiger partial charge in [0, 0.05) is 23.4 Å². The maximum Gasteiger partial charge on any atom is 0.342 e. The third-order valence-corrected chi connectivity index (χ3v) is 6.91. The van der Waals surface area contributed by atoms with Crippen molar-refractivity contribution >= 4 is 44.2 Å². The topological polar surface area (TPSA) is 137 Å². The van der Waals surface area contributed by atoms with E-state index >= 15 is 0 Å². The highest BCUT2D eigenvalue weighted by Gasteiger charge is 2.33. The monoisotopic (exact) mass is 488 g/mol. The van der Waals surface area contributed by atoms with Gasteiger partial charge in [-0.25, -0.2) is 17.5 Å². The summed E-state index contributed by atoms with van der Waals surface area (Å²) in [6.07, 6.45) is 0.292. The molecule has 0 bridgehead atoms. The number of hydrogen-bond donors (Lipinski definition) is 0. The van der Waals surface area contributed by atoms with E-state index in [1.807, 2.05) is 0 Å². The molecule has 3 rings (SSSR count). The van der Waals surface area contributed by atoms with Crippen LogP contribution in [0.2, 0.25) is 0 Å². The van der Waals surface area contributed by atoms with Crippen molar-refractivity contribution in [2.24, 2.45) is 0 Å². The number of amides is 1. The van der Waals surface area contributed by atoms with Gasteiger partial charge in [0.05, 0.1) is 22.1 Å². The molecule has 0 unspecified atom stereocenters. The Balaban J connectivity index is 2.23. The van der Waals surface area contributed by atoms with E-state index in [1.165, 1.54) is 37.3 Å². The van der Waals surface area contributed by atoms with Crippen molar-refractivity contribution in [2.45, 2.75) is 45.4 Å². The molecule has 3 aromatic rings. The second-order valence-electron chi connectivity index (χ2n) is 7.55. The molecule has 180 valence electrons. The number of sulfonamides is 1. The maximum absolute atomic E-state index is 13.6. The van der Waals surface area contributed by atoms with E-state index in [9.17, 15) is 28.1 Å². The lowest BCUT2D eigenvalue weighted by Crippen LogP contribution is -2.36. The predicted octanol–water partition coefficient (Wildman–Crippen LogP) is 4.66. The number of nitrogens with zero attached hydrogens (tertiary/aromatic N) is 2. The number of ether oxygens (including phenoxy) is 1. The normalized spacial score (nSPS) is 11.4. The molecule has 0 saturated heterocycles. The molecule has 0 saturated carbocycles. The van der Waals surface area contributed by atoms with Gasteiger partial charge in [0.25, 0.3) is 15.7 Å². The fourth-order valence-electron chi connectivity index (χ4n) is 3.58. The first-order valence-electron chi connectivity index (χ1n) is 10.6. The van der Waals surface area contributed by atoms with Gasteiger partial charge in [-0.1, -0.05) is 13.0 Å². The summed E-state index contributed by atoms with van der Waals surface area (Å²) in [7, 11) is -4.52. The van der Waals surface area contributed by atoms with E-state index in [-0.39, 0.29) is 46.7 Å². The molecule has 0 aliphatic heterocycles. The minimum absolute atomic E-state index is 0.0273. The second-order valence-corrected chi connectivity index (χ2v) is 9.34. The quantitative estimate of drug-likeness (QED) is 0.254. The standard InChI is InChI=1S/C23H24N2O8S/c1-5-7-21(26)24(34(30,31)17-10-8-14(3)19(13-17)25(28)29)16-9-11-20-18(12-16)22(15(4)33-20)23(27)32-6-2/h8-13H,5-7H2,1-4H3. The van der Waals surface area contributed by atoms with Crippen molar-refractivity contribution in [1.29, 1.82) is 0 Å². The minimum Gasteiger partial charge on any atom is -0.462 e. The zero-order valence-corrected chi connectivity index (χ0v) is 20.0. The lowest BCUT2D eigenvalue weighted by atomic mass is 10.1. The van der Waals surface area contributed by atoms with Crippen LogP contribution >= 0.6 is 0 Å². The summed E-state index contributed by atoms with van der Waals surface area (Å²) in [5, 5.41) is 11.6. The van der Waals surface area contributed by atoms with Crippen LogP contribution in [0.3, 0.4) is 0 Å². The third-order valence-electron chi connectivity index (χ3n) is 5.17. The SMILES string of the molecule is CCCC(=O)N(c1ccc2oc(C)c(C(=O)OCC)c2c1)S(=O)(=O)c1ccc(C)c([N+](=O)[O-])c1. The minimum atomic E-state index is -4.52. The summed E-state index contributed by atoms with van der Waals surface area (Å²) in [5.41, 5.74) is 0.320. The number of hydrogen-bond acceptors (Lipinski definition) is 8. The highest BCUT2D eigenvalue weighted by molar-refractivity contribution is 7.93. The summed E-state index contributed by atoms with van der Waals surface area (Å²) in [4.78, 5) is 35.7. The molecule has 0 aliphatic rings. The number of rotatable bonds is 8. The zero-order chi connectivity index (χ0) is 25.2. The molecular formula is C23H24N2O8S. The fourth-order valence-corrected chi connectivity index (χ4v) is 5.04. The van der Waals surface area contributed by atoms with Gasteiger partial charge in [-0.05, 0) is 51.5 Å². The number of carbonyl (C=O) groups is 2. The van der Waals surface area contributed by atoms with Crippen LogP contribution in [-0.4, -0.2) is 31.8 Å². The average Bonchev–Trinajstić information content (AvgIpc) is 3.09. The molecule has 0 N–H and O–H groups in total. The molecule has 0 spiro atoms. The van der Waals surface area contributed by atoms with Gasteiger partial charge in [0.15, 0.2) is 0 Å². The Morgan fingerprint density at radius 1 is 1.12 bits per heavy atom. The second kappa shape index (κ2) is 9.64. The summed E-state index contributed by atoms with van der Waals surface area (Å²) < 4.78 is 38.4. The highest BCUT2D eigenvalue weighted by Crippen LogP contribution is 2.34. The lowest BCUT2D eigenvalue weighted by Gasteiger charge is -2.23. The first-order valence-corrected chi connectivity index (χ1v) is 12.0. The van der Waals surface area contributed by atoms with Crippen molar-refractivity contribution in [3.63, 3.8) is 0 Å². The number of esters is 1. The van der Waals surface area contributed by atoms with Gasteiger partial charge in [0.1, 0.15) is 16.9 Å². The molecule has 1 aromatic heterocycles. The summed E-state index contributed by atoms with van der Waals surface area (Å²) in [6.45, 7) is 6.57. The summed E-state index contributed by atoms with van der Waals surface area (Å²) in [5.74, 6) is -1.07. The van der Waals surface area contributed by atoms with E-state index in [2.05, 4.69) is 0 Å². The van der Waals surface area contributed by atoms with Crippen molar-refractivity contribution in [3.05, 3.63) is 63.4 Å². The van der Waals surface area contributed by atoms with Gasteiger partial charge in [-0.2, -0.15) is 0 Å². The molecule has 0 radical (unpaired) electrons. The molecule has 2 aromatic carbocycles. The number of benzene rings is 2. The van der Waals surface area contributed by atoms with Crippen LogP contribution in [0, 0.1) is 24.0 Å². The molecule has 0 atom stereocenters. The maximum atomic E-state index is 13.6. The van der Waals surface area contributed by atoms with Crippen LogP contribution in [-0.2, 0) is 19.6 Å². The number of fused-ring (bicyclic) bond motifs is 1. The number of anilines is 1. The molecule has 1 heterocycles. The molecule has 0 fully saturated rings. The number of nitro groups is 1. The number of carbonyl (C=O) groups excluding carboxylic acids is 2. The zero-order valence-electron chi connectivity index (χ0n) is 19.2. The Morgan fingerprint density at radius 3 is 2.44 bits per heavy atom. The Labute approximate surface area is 196 Å². The van der Waals surface area contributed by atoms with Crippen LogP contribution in [0.15, 0.2) is 45.7 Å². The van der Waals surface area contributed by atoms with E-state index in [0.29, 0.717) is 16.3 Å². The van der Waals surface area contributed by atoms with Crippen molar-refractivity contribution < 1.29 is 32.1 Å². The van der Waals surface area contributed by atoms with Crippen LogP contribution < -0.4 is 4.31 Å². The fraction of sp³-hybridized carbons (Fsp3) is 0.304. The molecule has 0 aliphatic carbocycles. The molecule has 1 amide bonds. The molecule has 34 heavy (non-hydrogen) atoms. The van der Waals surface area contributed by atoms with Crippen LogP contribution in [0.1, 0.15) is 48.4 Å².